The van der Waals surface area contributed by atoms with Gasteiger partial charge in [0, 0.05) is 19.1 Å². The van der Waals surface area contributed by atoms with Gasteiger partial charge < -0.3 is 15.3 Å². The summed E-state index contributed by atoms with van der Waals surface area (Å²) in [5.74, 6) is -1.14. The van der Waals surface area contributed by atoms with E-state index in [2.05, 4.69) is 5.32 Å². The van der Waals surface area contributed by atoms with Crippen molar-refractivity contribution in [2.45, 2.75) is 38.1 Å². The number of carboxylic acids is 1. The molecule has 0 aromatic carbocycles. The molecule has 0 bridgehead atoms. The van der Waals surface area contributed by atoms with E-state index < -0.39 is 5.97 Å². The molecule has 1 saturated heterocycles. The second kappa shape index (κ2) is 4.72. The van der Waals surface area contributed by atoms with Crippen LogP contribution in [-0.2, 0) is 4.79 Å². The molecule has 5 heteroatoms. The second-order valence-electron chi connectivity index (χ2n) is 4.58. The second-order valence-corrected chi connectivity index (χ2v) is 4.58. The van der Waals surface area contributed by atoms with E-state index in [1.54, 1.807) is 4.90 Å². The lowest BCUT2D eigenvalue weighted by atomic mass is 9.83. The smallest absolute Gasteiger partial charge is 0.317 e. The van der Waals surface area contributed by atoms with E-state index in [0.717, 1.165) is 25.7 Å². The largest absolute Gasteiger partial charge is 0.481 e. The number of carbonyl (C=O) groups excluding carboxylic acids is 1. The van der Waals surface area contributed by atoms with Crippen LogP contribution >= 0.6 is 0 Å². The summed E-state index contributed by atoms with van der Waals surface area (Å²) in [7, 11) is 0. The predicted octanol–water partition coefficient (Wildman–Crippen LogP) is 1.05. The molecule has 1 saturated carbocycles. The number of nitrogens with zero attached hydrogens (tertiary/aromatic N) is 1. The Balaban J connectivity index is 2.09. The zero-order valence-corrected chi connectivity index (χ0v) is 9.32. The van der Waals surface area contributed by atoms with Gasteiger partial charge in [0.05, 0.1) is 5.92 Å². The summed E-state index contributed by atoms with van der Waals surface area (Å²) in [6.45, 7) is 1.40. The number of rotatable bonds is 2. The molecule has 2 amide bonds. The highest BCUT2D eigenvalue weighted by Crippen LogP contribution is 2.29. The van der Waals surface area contributed by atoms with Crippen molar-refractivity contribution in [1.29, 1.82) is 0 Å². The van der Waals surface area contributed by atoms with Gasteiger partial charge >= 0.3 is 12.0 Å². The average Bonchev–Trinajstić information content (AvgIpc) is 2.29. The third-order valence-corrected chi connectivity index (χ3v) is 3.56. The fourth-order valence-corrected chi connectivity index (χ4v) is 2.74. The van der Waals surface area contributed by atoms with Crippen LogP contribution < -0.4 is 5.32 Å². The minimum atomic E-state index is -0.761. The van der Waals surface area contributed by atoms with Crippen LogP contribution in [0, 0.1) is 5.92 Å². The summed E-state index contributed by atoms with van der Waals surface area (Å²) >= 11 is 0. The van der Waals surface area contributed by atoms with Crippen molar-refractivity contribution < 1.29 is 14.7 Å². The molecule has 0 aromatic rings. The van der Waals surface area contributed by atoms with Gasteiger partial charge in [0.2, 0.25) is 0 Å². The molecule has 5 nitrogen and oxygen atoms in total. The maximum absolute atomic E-state index is 11.7. The zero-order chi connectivity index (χ0) is 11.5. The summed E-state index contributed by atoms with van der Waals surface area (Å²) < 4.78 is 0. The predicted molar refractivity (Wildman–Crippen MR) is 58.1 cm³/mol. The van der Waals surface area contributed by atoms with Gasteiger partial charge in [0.25, 0.3) is 0 Å². The van der Waals surface area contributed by atoms with Gasteiger partial charge in [-0.1, -0.05) is 12.8 Å². The maximum atomic E-state index is 11.7. The fraction of sp³-hybridized carbons (Fsp3) is 0.818. The third kappa shape index (κ3) is 2.13. The molecule has 2 unspecified atom stereocenters. The zero-order valence-electron chi connectivity index (χ0n) is 9.32. The topological polar surface area (TPSA) is 69.6 Å². The molecule has 0 radical (unpaired) electrons. The number of urea groups is 1. The van der Waals surface area contributed by atoms with Gasteiger partial charge in [0.15, 0.2) is 0 Å². The molecular weight excluding hydrogens is 208 g/mol. The first-order chi connectivity index (χ1) is 7.70. The van der Waals surface area contributed by atoms with Crippen LogP contribution in [0.5, 0.6) is 0 Å². The van der Waals surface area contributed by atoms with Gasteiger partial charge in [-0.15, -0.1) is 0 Å². The molecule has 1 heterocycles. The number of hydrogen-bond acceptors (Lipinski definition) is 2. The summed E-state index contributed by atoms with van der Waals surface area (Å²) in [6, 6.07) is -0.198. The van der Waals surface area contributed by atoms with E-state index in [4.69, 9.17) is 5.11 Å². The molecule has 2 N–H and O–H groups in total. The third-order valence-electron chi connectivity index (χ3n) is 3.56. The van der Waals surface area contributed by atoms with E-state index in [1.807, 2.05) is 0 Å². The number of carboxylic acid groups (broad SMARTS) is 1. The standard InChI is InChI=1S/C11H18N2O3/c14-10(15)8-4-1-2-5-9(8)13-7-3-6-12-11(13)16/h8-9H,1-7H2,(H,12,16)(H,14,15). The number of nitrogens with one attached hydrogen (secondary N) is 1. The first kappa shape index (κ1) is 11.2. The van der Waals surface area contributed by atoms with Gasteiger partial charge in [-0.3, -0.25) is 4.79 Å². The molecule has 2 rings (SSSR count). The summed E-state index contributed by atoms with van der Waals surface area (Å²) in [5, 5.41) is 12.0. The lowest BCUT2D eigenvalue weighted by Crippen LogP contribution is -2.55. The molecule has 16 heavy (non-hydrogen) atoms. The number of amides is 2. The molecule has 2 fully saturated rings. The maximum Gasteiger partial charge on any atom is 0.317 e. The SMILES string of the molecule is O=C(O)C1CCCCC1N1CCCNC1=O. The van der Waals surface area contributed by atoms with E-state index in [0.29, 0.717) is 19.5 Å². The van der Waals surface area contributed by atoms with Crippen molar-refractivity contribution in [3.63, 3.8) is 0 Å². The highest BCUT2D eigenvalue weighted by atomic mass is 16.4. The van der Waals surface area contributed by atoms with Crippen LogP contribution in [0.25, 0.3) is 0 Å². The van der Waals surface area contributed by atoms with Crippen LogP contribution in [0.4, 0.5) is 4.79 Å². The summed E-state index contributed by atoms with van der Waals surface area (Å²) in [5.41, 5.74) is 0. The van der Waals surface area contributed by atoms with Crippen LogP contribution in [0.2, 0.25) is 0 Å². The van der Waals surface area contributed by atoms with E-state index in [1.165, 1.54) is 0 Å². The molecule has 2 atom stereocenters. The number of hydrogen-bond donors (Lipinski definition) is 2. The Hall–Kier alpha value is -1.26. The quantitative estimate of drug-likeness (QED) is 0.739. The van der Waals surface area contributed by atoms with Crippen molar-refractivity contribution in [3.05, 3.63) is 0 Å². The molecule has 0 spiro atoms. The molecule has 1 aliphatic carbocycles. The Morgan fingerprint density at radius 2 is 2.06 bits per heavy atom. The molecule has 1 aliphatic heterocycles. The average molecular weight is 226 g/mol. The van der Waals surface area contributed by atoms with Gasteiger partial charge in [-0.2, -0.15) is 0 Å². The summed E-state index contributed by atoms with van der Waals surface area (Å²) in [4.78, 5) is 24.6. The minimum Gasteiger partial charge on any atom is -0.481 e. The van der Waals surface area contributed by atoms with Crippen LogP contribution in [0.3, 0.4) is 0 Å². The lowest BCUT2D eigenvalue weighted by Gasteiger charge is -2.40. The van der Waals surface area contributed by atoms with Crippen LogP contribution in [0.1, 0.15) is 32.1 Å². The first-order valence-corrected chi connectivity index (χ1v) is 5.97. The van der Waals surface area contributed by atoms with Gasteiger partial charge in [-0.05, 0) is 19.3 Å². The Morgan fingerprint density at radius 1 is 1.31 bits per heavy atom. The monoisotopic (exact) mass is 226 g/mol. The Bertz CT molecular complexity index is 293. The van der Waals surface area contributed by atoms with Crippen LogP contribution in [0.15, 0.2) is 0 Å². The van der Waals surface area contributed by atoms with Gasteiger partial charge in [0.1, 0.15) is 0 Å². The Morgan fingerprint density at radius 3 is 2.75 bits per heavy atom. The number of carbonyl (C=O) groups is 2. The Labute approximate surface area is 94.8 Å². The van der Waals surface area contributed by atoms with E-state index in [9.17, 15) is 9.59 Å². The first-order valence-electron chi connectivity index (χ1n) is 5.97. The van der Waals surface area contributed by atoms with Crippen molar-refractivity contribution in [2.24, 2.45) is 5.92 Å². The number of aliphatic carboxylic acids is 1. The molecule has 2 aliphatic rings. The normalized spacial score (nSPS) is 31.0. The van der Waals surface area contributed by atoms with Crippen molar-refractivity contribution in [1.82, 2.24) is 10.2 Å². The molecular formula is C11H18N2O3. The van der Waals surface area contributed by atoms with Gasteiger partial charge in [-0.25, -0.2) is 4.79 Å². The van der Waals surface area contributed by atoms with E-state index in [-0.39, 0.29) is 18.0 Å². The van der Waals surface area contributed by atoms with E-state index >= 15 is 0 Å². The van der Waals surface area contributed by atoms with Crippen molar-refractivity contribution >= 4 is 12.0 Å². The lowest BCUT2D eigenvalue weighted by molar-refractivity contribution is -0.145. The highest BCUT2D eigenvalue weighted by Gasteiger charge is 2.37. The van der Waals surface area contributed by atoms with Crippen molar-refractivity contribution in [2.75, 3.05) is 13.1 Å². The van der Waals surface area contributed by atoms with Crippen molar-refractivity contribution in [3.8, 4) is 0 Å². The summed E-state index contributed by atoms with van der Waals surface area (Å²) in [6.07, 6.45) is 4.42. The Kier molecular flexibility index (Phi) is 3.31. The molecule has 0 aromatic heterocycles. The molecule has 90 valence electrons. The van der Waals surface area contributed by atoms with Crippen LogP contribution in [-0.4, -0.2) is 41.1 Å². The minimum absolute atomic E-state index is 0.0931. The fourth-order valence-electron chi connectivity index (χ4n) is 2.74. The highest BCUT2D eigenvalue weighted by molar-refractivity contribution is 5.77.